The van der Waals surface area contributed by atoms with Crippen molar-refractivity contribution in [2.24, 2.45) is 0 Å². The SMILES string of the molecule is O=C(Cn1ncccc1=O)Nc1cccc(-c2ccc3nnc(-c4cccnc4)n3n2)c1. The molecule has 0 saturated carbocycles. The predicted octanol–water partition coefficient (Wildman–Crippen LogP) is 2.05. The number of aromatic nitrogens is 7. The smallest absolute Gasteiger partial charge is 0.267 e. The van der Waals surface area contributed by atoms with Gasteiger partial charge in [-0.3, -0.25) is 14.6 Å². The van der Waals surface area contributed by atoms with Crippen LogP contribution in [-0.4, -0.2) is 40.5 Å². The third kappa shape index (κ3) is 3.84. The van der Waals surface area contributed by atoms with E-state index in [0.29, 0.717) is 22.9 Å². The lowest BCUT2D eigenvalue weighted by Gasteiger charge is -2.08. The molecule has 32 heavy (non-hydrogen) atoms. The highest BCUT2D eigenvalue weighted by molar-refractivity contribution is 5.91. The lowest BCUT2D eigenvalue weighted by Crippen LogP contribution is -2.28. The Morgan fingerprint density at radius 2 is 1.81 bits per heavy atom. The van der Waals surface area contributed by atoms with Crippen LogP contribution in [0.5, 0.6) is 0 Å². The molecule has 0 aliphatic carbocycles. The Kier molecular flexibility index (Phi) is 4.92. The molecule has 1 amide bonds. The molecular formula is C22H16N8O2. The lowest BCUT2D eigenvalue weighted by atomic mass is 10.1. The van der Waals surface area contributed by atoms with E-state index in [9.17, 15) is 9.59 Å². The monoisotopic (exact) mass is 424 g/mol. The molecule has 0 aliphatic rings. The zero-order chi connectivity index (χ0) is 21.9. The van der Waals surface area contributed by atoms with Crippen molar-refractivity contribution >= 4 is 17.2 Å². The van der Waals surface area contributed by atoms with Crippen LogP contribution in [0.25, 0.3) is 28.3 Å². The number of carbonyl (C=O) groups excluding carboxylic acids is 1. The highest BCUT2D eigenvalue weighted by atomic mass is 16.2. The van der Waals surface area contributed by atoms with E-state index in [1.165, 1.54) is 18.3 Å². The summed E-state index contributed by atoms with van der Waals surface area (Å²) >= 11 is 0. The molecule has 1 N–H and O–H groups in total. The van der Waals surface area contributed by atoms with E-state index in [0.717, 1.165) is 15.8 Å². The molecule has 0 bridgehead atoms. The summed E-state index contributed by atoms with van der Waals surface area (Å²) in [5, 5.41) is 19.8. The van der Waals surface area contributed by atoms with Gasteiger partial charge in [-0.1, -0.05) is 12.1 Å². The minimum absolute atomic E-state index is 0.177. The van der Waals surface area contributed by atoms with Crippen LogP contribution in [0.15, 0.2) is 84.0 Å². The van der Waals surface area contributed by atoms with Crippen molar-refractivity contribution in [2.45, 2.75) is 6.54 Å². The van der Waals surface area contributed by atoms with Gasteiger partial charge in [0, 0.05) is 41.5 Å². The Labute approximate surface area is 181 Å². The zero-order valence-electron chi connectivity index (χ0n) is 16.7. The number of nitrogens with one attached hydrogen (secondary N) is 1. The van der Waals surface area contributed by atoms with Crippen LogP contribution >= 0.6 is 0 Å². The first-order valence-electron chi connectivity index (χ1n) is 9.73. The summed E-state index contributed by atoms with van der Waals surface area (Å²) in [5.41, 5.74) is 3.13. The van der Waals surface area contributed by atoms with Gasteiger partial charge in [0.1, 0.15) is 6.54 Å². The third-order valence-electron chi connectivity index (χ3n) is 4.70. The fourth-order valence-electron chi connectivity index (χ4n) is 3.22. The second kappa shape index (κ2) is 8.19. The normalized spacial score (nSPS) is 10.9. The van der Waals surface area contributed by atoms with Crippen LogP contribution in [0.4, 0.5) is 5.69 Å². The molecule has 1 aromatic carbocycles. The summed E-state index contributed by atoms with van der Waals surface area (Å²) in [6.45, 7) is -0.177. The van der Waals surface area contributed by atoms with Crippen molar-refractivity contribution in [3.63, 3.8) is 0 Å². The molecular weight excluding hydrogens is 408 g/mol. The molecule has 10 nitrogen and oxygen atoms in total. The molecule has 10 heteroatoms. The number of amides is 1. The fraction of sp³-hybridized carbons (Fsp3) is 0.0455. The Morgan fingerprint density at radius 1 is 0.938 bits per heavy atom. The molecule has 0 atom stereocenters. The summed E-state index contributed by atoms with van der Waals surface area (Å²) in [6.07, 6.45) is 4.85. The van der Waals surface area contributed by atoms with E-state index < -0.39 is 0 Å². The summed E-state index contributed by atoms with van der Waals surface area (Å²) in [4.78, 5) is 28.3. The van der Waals surface area contributed by atoms with Crippen LogP contribution < -0.4 is 10.9 Å². The predicted molar refractivity (Wildman–Crippen MR) is 117 cm³/mol. The summed E-state index contributed by atoms with van der Waals surface area (Å²) in [6, 6.07) is 17.5. The third-order valence-corrected chi connectivity index (χ3v) is 4.70. The minimum Gasteiger partial charge on any atom is -0.324 e. The van der Waals surface area contributed by atoms with Gasteiger partial charge >= 0.3 is 0 Å². The number of nitrogens with zero attached hydrogens (tertiary/aromatic N) is 7. The summed E-state index contributed by atoms with van der Waals surface area (Å²) in [5.74, 6) is 0.226. The average molecular weight is 424 g/mol. The molecule has 156 valence electrons. The van der Waals surface area contributed by atoms with E-state index in [1.807, 2.05) is 36.4 Å². The number of pyridine rings is 1. The highest BCUT2D eigenvalue weighted by Crippen LogP contribution is 2.23. The van der Waals surface area contributed by atoms with Crippen molar-refractivity contribution in [1.82, 2.24) is 34.6 Å². The fourth-order valence-corrected chi connectivity index (χ4v) is 3.22. The molecule has 0 unspecified atom stereocenters. The summed E-state index contributed by atoms with van der Waals surface area (Å²) < 4.78 is 2.76. The van der Waals surface area contributed by atoms with Gasteiger partial charge < -0.3 is 5.32 Å². The van der Waals surface area contributed by atoms with Gasteiger partial charge in [0.25, 0.3) is 5.56 Å². The number of hydrogen-bond donors (Lipinski definition) is 1. The first-order valence-corrected chi connectivity index (χ1v) is 9.73. The van der Waals surface area contributed by atoms with E-state index in [2.05, 4.69) is 30.7 Å². The standard InChI is InChI=1S/C22H16N8O2/c31-20(14-29-21(32)7-3-11-24-29)25-17-6-1-4-15(12-17)18-8-9-19-26-27-22(30(19)28-18)16-5-2-10-23-13-16/h1-13H,14H2,(H,25,31). The molecule has 0 fully saturated rings. The van der Waals surface area contributed by atoms with Gasteiger partial charge in [0.05, 0.1) is 5.69 Å². The molecule has 5 rings (SSSR count). The van der Waals surface area contributed by atoms with Gasteiger partial charge in [0.2, 0.25) is 5.91 Å². The van der Waals surface area contributed by atoms with Gasteiger partial charge in [0.15, 0.2) is 11.5 Å². The van der Waals surface area contributed by atoms with Crippen LogP contribution in [0.2, 0.25) is 0 Å². The Bertz CT molecular complexity index is 1480. The van der Waals surface area contributed by atoms with Gasteiger partial charge in [-0.05, 0) is 42.5 Å². The van der Waals surface area contributed by atoms with Gasteiger partial charge in [-0.2, -0.15) is 14.7 Å². The van der Waals surface area contributed by atoms with Gasteiger partial charge in [-0.25, -0.2) is 4.68 Å². The Morgan fingerprint density at radius 3 is 2.66 bits per heavy atom. The number of anilines is 1. The van der Waals surface area contributed by atoms with Crippen molar-refractivity contribution in [3.8, 4) is 22.6 Å². The maximum absolute atomic E-state index is 12.4. The second-order valence-corrected chi connectivity index (χ2v) is 6.90. The Hall–Kier alpha value is -4.73. The van der Waals surface area contributed by atoms with Crippen molar-refractivity contribution in [3.05, 3.63) is 89.6 Å². The van der Waals surface area contributed by atoms with E-state index in [-0.39, 0.29) is 18.0 Å². The van der Waals surface area contributed by atoms with Crippen molar-refractivity contribution in [2.75, 3.05) is 5.32 Å². The Balaban J connectivity index is 1.42. The number of carbonyl (C=O) groups is 1. The van der Waals surface area contributed by atoms with E-state index in [1.54, 1.807) is 29.0 Å². The maximum Gasteiger partial charge on any atom is 0.267 e. The van der Waals surface area contributed by atoms with Crippen LogP contribution in [-0.2, 0) is 11.3 Å². The first-order chi connectivity index (χ1) is 15.7. The summed E-state index contributed by atoms with van der Waals surface area (Å²) in [7, 11) is 0. The zero-order valence-corrected chi connectivity index (χ0v) is 16.7. The number of rotatable bonds is 5. The first kappa shape index (κ1) is 19.2. The van der Waals surface area contributed by atoms with E-state index in [4.69, 9.17) is 0 Å². The van der Waals surface area contributed by atoms with Crippen molar-refractivity contribution < 1.29 is 4.79 Å². The van der Waals surface area contributed by atoms with Crippen molar-refractivity contribution in [1.29, 1.82) is 0 Å². The minimum atomic E-state index is -0.357. The molecule has 4 heterocycles. The van der Waals surface area contributed by atoms with Crippen LogP contribution in [0.3, 0.4) is 0 Å². The molecule has 0 saturated heterocycles. The number of fused-ring (bicyclic) bond motifs is 1. The largest absolute Gasteiger partial charge is 0.324 e. The lowest BCUT2D eigenvalue weighted by molar-refractivity contribution is -0.117. The number of benzene rings is 1. The molecule has 0 aliphatic heterocycles. The van der Waals surface area contributed by atoms with Crippen LogP contribution in [0, 0.1) is 0 Å². The van der Waals surface area contributed by atoms with Crippen LogP contribution in [0.1, 0.15) is 0 Å². The molecule has 4 aromatic heterocycles. The second-order valence-electron chi connectivity index (χ2n) is 6.90. The van der Waals surface area contributed by atoms with E-state index >= 15 is 0 Å². The molecule has 0 spiro atoms. The average Bonchev–Trinajstić information content (AvgIpc) is 3.25. The van der Waals surface area contributed by atoms with Gasteiger partial charge in [-0.15, -0.1) is 10.2 Å². The number of hydrogen-bond acceptors (Lipinski definition) is 7. The molecule has 0 radical (unpaired) electrons. The highest BCUT2D eigenvalue weighted by Gasteiger charge is 2.12. The quantitative estimate of drug-likeness (QED) is 0.458. The topological polar surface area (TPSA) is 120 Å². The molecule has 5 aromatic rings. The maximum atomic E-state index is 12.4.